The maximum Gasteiger partial charge on any atom is 0.414 e. The minimum absolute atomic E-state index is 0.0233. The van der Waals surface area contributed by atoms with Gasteiger partial charge in [0.25, 0.3) is 0 Å². The molecule has 0 bridgehead atoms. The molecule has 8 heteroatoms. The number of pyridine rings is 1. The van der Waals surface area contributed by atoms with Gasteiger partial charge in [-0.1, -0.05) is 0 Å². The number of nitrogens with zero attached hydrogens (tertiary/aromatic N) is 2. The average Bonchev–Trinajstić information content (AvgIpc) is 2.27. The van der Waals surface area contributed by atoms with E-state index in [1.165, 1.54) is 11.1 Å². The molecule has 0 aromatic carbocycles. The number of ether oxygens (including phenoxy) is 1. The number of anilines is 1. The van der Waals surface area contributed by atoms with Gasteiger partial charge in [0.2, 0.25) is 0 Å². The largest absolute Gasteiger partial charge is 0.443 e. The van der Waals surface area contributed by atoms with Crippen LogP contribution in [0, 0.1) is 3.57 Å². The van der Waals surface area contributed by atoms with Gasteiger partial charge in [-0.15, -0.1) is 0 Å². The second-order valence-corrected chi connectivity index (χ2v) is 9.01. The molecule has 1 aromatic rings. The van der Waals surface area contributed by atoms with E-state index in [4.69, 9.17) is 4.74 Å². The highest BCUT2D eigenvalue weighted by Gasteiger charge is 2.25. The second-order valence-electron chi connectivity index (χ2n) is 5.59. The first-order chi connectivity index (χ1) is 9.49. The van der Waals surface area contributed by atoms with Gasteiger partial charge in [-0.3, -0.25) is 9.88 Å². The highest BCUT2D eigenvalue weighted by atomic mass is 127. The predicted molar refractivity (Wildman–Crippen MR) is 90.2 cm³/mol. The highest BCUT2D eigenvalue weighted by molar-refractivity contribution is 14.1. The van der Waals surface area contributed by atoms with Crippen LogP contribution >= 0.6 is 22.6 Å². The van der Waals surface area contributed by atoms with Gasteiger partial charge in [-0.25, -0.2) is 13.2 Å². The molecule has 0 saturated heterocycles. The molecule has 1 amide bonds. The molecule has 1 heterocycles. The molecule has 0 fully saturated rings. The summed E-state index contributed by atoms with van der Waals surface area (Å²) in [5, 5.41) is 0. The fourth-order valence-corrected chi connectivity index (χ4v) is 2.56. The summed E-state index contributed by atoms with van der Waals surface area (Å²) in [6.07, 6.45) is 3.68. The Bertz CT molecular complexity index is 611. The van der Waals surface area contributed by atoms with E-state index < -0.39 is 21.5 Å². The van der Waals surface area contributed by atoms with Gasteiger partial charge in [0.05, 0.1) is 17.6 Å². The SMILES string of the molecule is CC(C)(C)OC(=O)N(CCS(C)(=O)=O)c1cnccc1I. The summed E-state index contributed by atoms with van der Waals surface area (Å²) in [4.78, 5) is 17.6. The van der Waals surface area contributed by atoms with E-state index in [0.29, 0.717) is 5.69 Å². The first kappa shape index (κ1) is 18.1. The summed E-state index contributed by atoms with van der Waals surface area (Å²) in [6, 6.07) is 1.74. The van der Waals surface area contributed by atoms with Crippen molar-refractivity contribution >= 4 is 44.2 Å². The van der Waals surface area contributed by atoms with Gasteiger partial charge >= 0.3 is 6.09 Å². The van der Waals surface area contributed by atoms with Crippen LogP contribution in [0.4, 0.5) is 10.5 Å². The lowest BCUT2D eigenvalue weighted by Crippen LogP contribution is -2.40. The third-order valence-corrected chi connectivity index (χ3v) is 4.18. The van der Waals surface area contributed by atoms with E-state index in [1.807, 2.05) is 0 Å². The van der Waals surface area contributed by atoms with Crippen LogP contribution in [0.25, 0.3) is 0 Å². The summed E-state index contributed by atoms with van der Waals surface area (Å²) in [5.41, 5.74) is -0.121. The lowest BCUT2D eigenvalue weighted by Gasteiger charge is -2.27. The number of rotatable bonds is 4. The van der Waals surface area contributed by atoms with Crippen molar-refractivity contribution in [3.05, 3.63) is 22.0 Å². The molecule has 0 radical (unpaired) electrons. The number of hydrogen-bond acceptors (Lipinski definition) is 5. The number of sulfone groups is 1. The highest BCUT2D eigenvalue weighted by Crippen LogP contribution is 2.23. The van der Waals surface area contributed by atoms with Gasteiger partial charge in [0.15, 0.2) is 0 Å². The fourth-order valence-electron chi connectivity index (χ4n) is 1.45. The van der Waals surface area contributed by atoms with Crippen LogP contribution in [-0.4, -0.2) is 43.6 Å². The minimum Gasteiger partial charge on any atom is -0.443 e. The van der Waals surface area contributed by atoms with Crippen molar-refractivity contribution in [1.82, 2.24) is 4.98 Å². The fraction of sp³-hybridized carbons (Fsp3) is 0.538. The van der Waals surface area contributed by atoms with Crippen LogP contribution in [0.2, 0.25) is 0 Å². The average molecular weight is 426 g/mol. The minimum atomic E-state index is -3.19. The van der Waals surface area contributed by atoms with E-state index in [0.717, 1.165) is 9.83 Å². The van der Waals surface area contributed by atoms with Crippen molar-refractivity contribution in [1.29, 1.82) is 0 Å². The van der Waals surface area contributed by atoms with Gasteiger partial charge in [0, 0.05) is 22.6 Å². The third kappa shape index (κ3) is 6.60. The Balaban J connectivity index is 3.06. The van der Waals surface area contributed by atoms with Crippen molar-refractivity contribution < 1.29 is 17.9 Å². The maximum absolute atomic E-state index is 12.3. The molecule has 21 heavy (non-hydrogen) atoms. The Morgan fingerprint density at radius 2 is 2.05 bits per heavy atom. The first-order valence-electron chi connectivity index (χ1n) is 6.27. The Hall–Kier alpha value is -0.900. The lowest BCUT2D eigenvalue weighted by molar-refractivity contribution is 0.0582. The molecular formula is C13H19IN2O4S. The Kier molecular flexibility index (Phi) is 5.97. The summed E-state index contributed by atoms with van der Waals surface area (Å²) < 4.78 is 28.9. The van der Waals surface area contributed by atoms with E-state index in [2.05, 4.69) is 27.6 Å². The van der Waals surface area contributed by atoms with Gasteiger partial charge in [0.1, 0.15) is 15.4 Å². The first-order valence-corrected chi connectivity index (χ1v) is 9.41. The van der Waals surface area contributed by atoms with Crippen molar-refractivity contribution in [3.8, 4) is 0 Å². The van der Waals surface area contributed by atoms with Crippen molar-refractivity contribution in [2.45, 2.75) is 26.4 Å². The molecule has 0 aliphatic rings. The molecule has 0 N–H and O–H groups in total. The number of carbonyl (C=O) groups is 1. The standard InChI is InChI=1S/C13H19IN2O4S/c1-13(2,3)20-12(17)16(7-8-21(4,18)19)11-9-15-6-5-10(11)14/h5-6,9H,7-8H2,1-4H3. The Morgan fingerprint density at radius 3 is 2.52 bits per heavy atom. The normalized spacial score (nSPS) is 12.0. The molecule has 1 rings (SSSR count). The molecule has 6 nitrogen and oxygen atoms in total. The molecule has 0 saturated carbocycles. The summed E-state index contributed by atoms with van der Waals surface area (Å²) in [6.45, 7) is 5.30. The van der Waals surface area contributed by atoms with Crippen molar-refractivity contribution in [2.24, 2.45) is 0 Å². The number of hydrogen-bond donors (Lipinski definition) is 0. The van der Waals surface area contributed by atoms with Gasteiger partial charge in [-0.05, 0) is 49.4 Å². The number of halogens is 1. The zero-order chi connectivity index (χ0) is 16.3. The number of aromatic nitrogens is 1. The zero-order valence-electron chi connectivity index (χ0n) is 12.5. The molecule has 0 aliphatic carbocycles. The summed E-state index contributed by atoms with van der Waals surface area (Å²) in [5.74, 6) is -0.142. The van der Waals surface area contributed by atoms with Gasteiger partial charge < -0.3 is 4.74 Å². The third-order valence-electron chi connectivity index (χ3n) is 2.34. The number of amides is 1. The molecular weight excluding hydrogens is 407 g/mol. The second kappa shape index (κ2) is 6.91. The Morgan fingerprint density at radius 1 is 1.43 bits per heavy atom. The number of carbonyl (C=O) groups excluding carboxylic acids is 1. The summed E-state index contributed by atoms with van der Waals surface area (Å²) in [7, 11) is -3.19. The Labute approximate surface area is 138 Å². The molecule has 0 atom stereocenters. The van der Waals surface area contributed by atoms with Crippen LogP contribution in [0.15, 0.2) is 18.5 Å². The molecule has 0 unspecified atom stereocenters. The van der Waals surface area contributed by atoms with Crippen LogP contribution < -0.4 is 4.90 Å². The van der Waals surface area contributed by atoms with Gasteiger partial charge in [-0.2, -0.15) is 0 Å². The zero-order valence-corrected chi connectivity index (χ0v) is 15.4. The van der Waals surface area contributed by atoms with E-state index in [1.54, 1.807) is 33.0 Å². The van der Waals surface area contributed by atoms with Crippen LogP contribution in [0.3, 0.4) is 0 Å². The van der Waals surface area contributed by atoms with E-state index in [9.17, 15) is 13.2 Å². The topological polar surface area (TPSA) is 76.6 Å². The predicted octanol–water partition coefficient (Wildman–Crippen LogP) is 2.47. The molecule has 0 aliphatic heterocycles. The maximum atomic E-state index is 12.3. The molecule has 0 spiro atoms. The monoisotopic (exact) mass is 426 g/mol. The van der Waals surface area contributed by atoms with E-state index in [-0.39, 0.29) is 12.3 Å². The van der Waals surface area contributed by atoms with Crippen molar-refractivity contribution in [3.63, 3.8) is 0 Å². The molecule has 1 aromatic heterocycles. The van der Waals surface area contributed by atoms with Crippen molar-refractivity contribution in [2.75, 3.05) is 23.5 Å². The smallest absolute Gasteiger partial charge is 0.414 e. The molecule has 118 valence electrons. The quantitative estimate of drug-likeness (QED) is 0.692. The van der Waals surface area contributed by atoms with Crippen LogP contribution in [-0.2, 0) is 14.6 Å². The van der Waals surface area contributed by atoms with Crippen LogP contribution in [0.5, 0.6) is 0 Å². The lowest BCUT2D eigenvalue weighted by atomic mass is 10.2. The van der Waals surface area contributed by atoms with E-state index >= 15 is 0 Å². The summed E-state index contributed by atoms with van der Waals surface area (Å²) >= 11 is 2.07. The van der Waals surface area contributed by atoms with Crippen LogP contribution in [0.1, 0.15) is 20.8 Å².